The Hall–Kier alpha value is -6.77. The van der Waals surface area contributed by atoms with Crippen molar-refractivity contribution in [2.24, 2.45) is 5.10 Å². The Labute approximate surface area is 300 Å². The predicted molar refractivity (Wildman–Crippen MR) is 215 cm³/mol. The lowest BCUT2D eigenvalue weighted by Crippen LogP contribution is -2.09. The molecule has 1 heterocycles. The first-order valence-electron chi connectivity index (χ1n) is 17.3. The lowest BCUT2D eigenvalue weighted by molar-refractivity contribution is 0.908. The molecule has 8 aromatic rings. The smallest absolute Gasteiger partial charge is 0.0990 e. The van der Waals surface area contributed by atoms with Crippen LogP contribution in [0.4, 0.5) is 0 Å². The van der Waals surface area contributed by atoms with Crippen LogP contribution in [-0.4, -0.2) is 10.4 Å². The highest BCUT2D eigenvalue weighted by Crippen LogP contribution is 2.37. The van der Waals surface area contributed by atoms with Crippen molar-refractivity contribution in [2.45, 2.75) is 0 Å². The lowest BCUT2D eigenvalue weighted by Gasteiger charge is -2.18. The van der Waals surface area contributed by atoms with E-state index in [-0.39, 0.29) is 0 Å². The molecular formula is C49H36N2. The molecule has 2 heteroatoms. The minimum atomic E-state index is 0.870. The van der Waals surface area contributed by atoms with Gasteiger partial charge in [0.05, 0.1) is 17.1 Å². The third kappa shape index (κ3) is 6.76. The first-order chi connectivity index (χ1) is 25.3. The zero-order chi connectivity index (χ0) is 34.2. The van der Waals surface area contributed by atoms with E-state index in [4.69, 9.17) is 5.10 Å². The van der Waals surface area contributed by atoms with E-state index in [1.165, 1.54) is 0 Å². The maximum absolute atomic E-state index is 5.68. The highest BCUT2D eigenvalue weighted by Gasteiger charge is 2.20. The molecule has 0 saturated carbocycles. The molecule has 0 N–H and O–H groups in total. The van der Waals surface area contributed by atoms with E-state index < -0.39 is 0 Å². The van der Waals surface area contributed by atoms with Crippen molar-refractivity contribution in [1.82, 2.24) is 4.68 Å². The zero-order valence-corrected chi connectivity index (χ0v) is 28.2. The van der Waals surface area contributed by atoms with Crippen LogP contribution in [0.25, 0.3) is 56.4 Å². The fraction of sp³-hybridized carbons (Fsp3) is 0. The van der Waals surface area contributed by atoms with Crippen LogP contribution in [0.5, 0.6) is 0 Å². The molecule has 0 spiro atoms. The fourth-order valence-electron chi connectivity index (χ4n) is 6.66. The molecule has 0 radical (unpaired) electrons. The summed E-state index contributed by atoms with van der Waals surface area (Å²) in [7, 11) is 0. The topological polar surface area (TPSA) is 17.3 Å². The normalized spacial score (nSPS) is 11.8. The van der Waals surface area contributed by atoms with E-state index in [0.717, 1.165) is 72.7 Å². The molecule has 0 aliphatic rings. The number of benzene rings is 7. The van der Waals surface area contributed by atoms with E-state index in [2.05, 4.69) is 223 Å². The molecule has 0 unspecified atom stereocenters. The summed E-state index contributed by atoms with van der Waals surface area (Å²) in [4.78, 5) is 0. The van der Waals surface area contributed by atoms with E-state index >= 15 is 0 Å². The summed E-state index contributed by atoms with van der Waals surface area (Å²) >= 11 is 0. The Kier molecular flexibility index (Phi) is 9.13. The van der Waals surface area contributed by atoms with Crippen LogP contribution in [-0.2, 0) is 0 Å². The third-order valence-corrected chi connectivity index (χ3v) is 9.15. The second-order valence-corrected chi connectivity index (χ2v) is 12.4. The van der Waals surface area contributed by atoms with Crippen LogP contribution in [0.15, 0.2) is 217 Å². The van der Waals surface area contributed by atoms with Crippen molar-refractivity contribution >= 4 is 17.4 Å². The zero-order valence-electron chi connectivity index (χ0n) is 28.2. The van der Waals surface area contributed by atoms with Gasteiger partial charge < -0.3 is 0 Å². The average Bonchev–Trinajstić information content (AvgIpc) is 3.64. The maximum Gasteiger partial charge on any atom is 0.0990 e. The Bertz CT molecular complexity index is 2290. The fourth-order valence-corrected chi connectivity index (χ4v) is 6.66. The molecular weight excluding hydrogens is 617 g/mol. The molecule has 0 amide bonds. The van der Waals surface area contributed by atoms with Crippen LogP contribution in [0.3, 0.4) is 0 Å². The summed E-state index contributed by atoms with van der Waals surface area (Å²) in [6.07, 6.45) is 2.35. The Morgan fingerprint density at radius 2 is 0.725 bits per heavy atom. The van der Waals surface area contributed by atoms with Gasteiger partial charge in [-0.05, 0) is 51.6 Å². The molecule has 0 fully saturated rings. The van der Waals surface area contributed by atoms with Crippen molar-refractivity contribution in [3.63, 3.8) is 0 Å². The van der Waals surface area contributed by atoms with Gasteiger partial charge >= 0.3 is 0 Å². The van der Waals surface area contributed by atoms with E-state index in [1.54, 1.807) is 0 Å². The van der Waals surface area contributed by atoms with Crippen LogP contribution in [0, 0.1) is 0 Å². The molecule has 0 atom stereocenters. The standard InChI is InChI=1S/C49H36N2/c1-7-20-37(21-8-1)43-32-19-33-44(38-22-9-2-10-23-38)46(43)36-45(39-24-11-3-12-25-39)49(42-30-17-6-18-31-42)50-51-47(40-26-13-4-14-27-40)34-35-48(51)41-28-15-5-16-29-41/h1-36H/b45-36?,50-49+. The van der Waals surface area contributed by atoms with Gasteiger partial charge in [-0.3, -0.25) is 0 Å². The SMILES string of the molecule is C(=C(/C(=N/n1c(-c2ccccc2)ccc1-c1ccccc1)c1ccccc1)c1ccccc1)c1c(-c2ccccc2)cccc1-c1ccccc1. The Balaban J connectivity index is 1.46. The minimum absolute atomic E-state index is 0.870. The van der Waals surface area contributed by atoms with E-state index in [1.807, 2.05) is 0 Å². The summed E-state index contributed by atoms with van der Waals surface area (Å²) < 4.78 is 2.12. The largest absolute Gasteiger partial charge is 0.232 e. The minimum Gasteiger partial charge on any atom is -0.232 e. The Morgan fingerprint density at radius 3 is 1.16 bits per heavy atom. The Morgan fingerprint density at radius 1 is 0.353 bits per heavy atom. The van der Waals surface area contributed by atoms with Crippen molar-refractivity contribution < 1.29 is 0 Å². The van der Waals surface area contributed by atoms with Crippen LogP contribution < -0.4 is 0 Å². The lowest BCUT2D eigenvalue weighted by atomic mass is 9.87. The second-order valence-electron chi connectivity index (χ2n) is 12.4. The molecule has 0 saturated heterocycles. The number of allylic oxidation sites excluding steroid dienone is 1. The summed E-state index contributed by atoms with van der Waals surface area (Å²) in [6.45, 7) is 0. The van der Waals surface area contributed by atoms with Gasteiger partial charge in [-0.2, -0.15) is 5.10 Å². The van der Waals surface area contributed by atoms with E-state index in [0.29, 0.717) is 0 Å². The maximum atomic E-state index is 5.68. The van der Waals surface area contributed by atoms with E-state index in [9.17, 15) is 0 Å². The monoisotopic (exact) mass is 652 g/mol. The first kappa shape index (κ1) is 31.5. The molecule has 7 aromatic carbocycles. The van der Waals surface area contributed by atoms with Gasteiger partial charge in [0.1, 0.15) is 0 Å². The quantitative estimate of drug-likeness (QED) is 0.109. The predicted octanol–water partition coefficient (Wildman–Crippen LogP) is 12.6. The van der Waals surface area contributed by atoms with Gasteiger partial charge in [0, 0.05) is 22.3 Å². The number of hydrogen-bond acceptors (Lipinski definition) is 1. The van der Waals surface area contributed by atoms with Crippen molar-refractivity contribution in [1.29, 1.82) is 0 Å². The molecule has 8 rings (SSSR count). The van der Waals surface area contributed by atoms with Crippen molar-refractivity contribution in [3.05, 3.63) is 229 Å². The molecule has 2 nitrogen and oxygen atoms in total. The van der Waals surface area contributed by atoms with Crippen LogP contribution in [0.2, 0.25) is 0 Å². The van der Waals surface area contributed by atoms with Gasteiger partial charge in [-0.1, -0.05) is 200 Å². The van der Waals surface area contributed by atoms with Gasteiger partial charge in [-0.25, -0.2) is 4.68 Å². The summed E-state index contributed by atoms with van der Waals surface area (Å²) in [5.41, 5.74) is 14.0. The number of rotatable bonds is 9. The average molecular weight is 653 g/mol. The second kappa shape index (κ2) is 14.8. The van der Waals surface area contributed by atoms with Crippen molar-refractivity contribution in [2.75, 3.05) is 0 Å². The van der Waals surface area contributed by atoms with Crippen LogP contribution >= 0.6 is 0 Å². The first-order valence-corrected chi connectivity index (χ1v) is 17.3. The summed E-state index contributed by atoms with van der Waals surface area (Å²) in [5, 5.41) is 5.68. The van der Waals surface area contributed by atoms with Gasteiger partial charge in [0.2, 0.25) is 0 Å². The highest BCUT2D eigenvalue weighted by molar-refractivity contribution is 6.35. The van der Waals surface area contributed by atoms with Crippen LogP contribution in [0.1, 0.15) is 16.7 Å². The van der Waals surface area contributed by atoms with Gasteiger partial charge in [-0.15, -0.1) is 0 Å². The van der Waals surface area contributed by atoms with Gasteiger partial charge in [0.15, 0.2) is 0 Å². The number of aromatic nitrogens is 1. The molecule has 242 valence electrons. The number of hydrogen-bond donors (Lipinski definition) is 0. The molecule has 51 heavy (non-hydrogen) atoms. The number of nitrogens with zero attached hydrogens (tertiary/aromatic N) is 2. The summed E-state index contributed by atoms with van der Waals surface area (Å²) in [6, 6.07) is 74.5. The van der Waals surface area contributed by atoms with Gasteiger partial charge in [0.25, 0.3) is 0 Å². The molecule has 1 aromatic heterocycles. The van der Waals surface area contributed by atoms with Crippen molar-refractivity contribution in [3.8, 4) is 44.8 Å². The highest BCUT2D eigenvalue weighted by atomic mass is 15.4. The molecule has 0 bridgehead atoms. The molecule has 0 aliphatic carbocycles. The third-order valence-electron chi connectivity index (χ3n) is 9.15. The summed E-state index contributed by atoms with van der Waals surface area (Å²) in [5.74, 6) is 0. The molecule has 0 aliphatic heterocycles.